The van der Waals surface area contributed by atoms with Crippen LogP contribution in [-0.4, -0.2) is 37.5 Å². The van der Waals surface area contributed by atoms with E-state index in [1.54, 1.807) is 19.2 Å². The van der Waals surface area contributed by atoms with Crippen molar-refractivity contribution in [2.45, 2.75) is 13.8 Å². The molecule has 0 aliphatic carbocycles. The fourth-order valence-electron chi connectivity index (χ4n) is 2.72. The average molecular weight is 397 g/mol. The number of anilines is 2. The van der Waals surface area contributed by atoms with Gasteiger partial charge in [0.15, 0.2) is 0 Å². The summed E-state index contributed by atoms with van der Waals surface area (Å²) in [5, 5.41) is 14.3. The summed E-state index contributed by atoms with van der Waals surface area (Å²) in [5.41, 5.74) is 3.33. The van der Waals surface area contributed by atoms with Gasteiger partial charge in [-0.15, -0.1) is 0 Å². The lowest BCUT2D eigenvalue weighted by atomic mass is 10.1. The number of likely N-dealkylation sites (N-methyl/N-ethyl adjacent to an activating group) is 1. The molecule has 0 saturated carbocycles. The standard InChI is InChI=1S/C21H23N3O5/c1-14-6-5-7-17(15(14)2)22-20(25)13-23(3)18-10-8-16(9-11-21(26)29-4)12-19(18)24(27)28/h5-12H,13H2,1-4H3,(H,22,25)/b11-9+. The number of nitro benzene ring substituents is 1. The highest BCUT2D eigenvalue weighted by Crippen LogP contribution is 2.29. The highest BCUT2D eigenvalue weighted by Gasteiger charge is 2.19. The Morgan fingerprint density at radius 3 is 2.62 bits per heavy atom. The topological polar surface area (TPSA) is 102 Å². The number of esters is 1. The summed E-state index contributed by atoms with van der Waals surface area (Å²) >= 11 is 0. The summed E-state index contributed by atoms with van der Waals surface area (Å²) in [4.78, 5) is 36.1. The van der Waals surface area contributed by atoms with Crippen molar-refractivity contribution in [1.82, 2.24) is 0 Å². The zero-order chi connectivity index (χ0) is 21.6. The maximum absolute atomic E-state index is 12.4. The minimum absolute atomic E-state index is 0.0639. The minimum atomic E-state index is -0.558. The molecule has 0 aliphatic rings. The molecule has 1 N–H and O–H groups in total. The van der Waals surface area contributed by atoms with E-state index in [2.05, 4.69) is 10.1 Å². The zero-order valence-electron chi connectivity index (χ0n) is 16.8. The van der Waals surface area contributed by atoms with Crippen molar-refractivity contribution in [3.63, 3.8) is 0 Å². The zero-order valence-corrected chi connectivity index (χ0v) is 16.8. The van der Waals surface area contributed by atoms with Crippen LogP contribution in [-0.2, 0) is 14.3 Å². The molecule has 0 heterocycles. The summed E-state index contributed by atoms with van der Waals surface area (Å²) in [7, 11) is 2.85. The van der Waals surface area contributed by atoms with Gasteiger partial charge < -0.3 is 15.0 Å². The fourth-order valence-corrected chi connectivity index (χ4v) is 2.72. The number of nitro groups is 1. The maximum Gasteiger partial charge on any atom is 0.330 e. The second kappa shape index (κ2) is 9.50. The maximum atomic E-state index is 12.4. The number of nitrogens with one attached hydrogen (secondary N) is 1. The lowest BCUT2D eigenvalue weighted by Crippen LogP contribution is -2.30. The molecule has 0 bridgehead atoms. The van der Waals surface area contributed by atoms with E-state index in [1.165, 1.54) is 30.2 Å². The molecule has 0 aliphatic heterocycles. The molecule has 8 nitrogen and oxygen atoms in total. The predicted molar refractivity (Wildman–Crippen MR) is 112 cm³/mol. The summed E-state index contributed by atoms with van der Waals surface area (Å²) in [5.74, 6) is -0.845. The number of hydrogen-bond acceptors (Lipinski definition) is 6. The first-order valence-electron chi connectivity index (χ1n) is 8.84. The second-order valence-corrected chi connectivity index (χ2v) is 6.51. The molecule has 2 aromatic rings. The van der Waals surface area contributed by atoms with Crippen LogP contribution in [0.4, 0.5) is 17.1 Å². The molecule has 29 heavy (non-hydrogen) atoms. The minimum Gasteiger partial charge on any atom is -0.466 e. The predicted octanol–water partition coefficient (Wildman–Crippen LogP) is 3.47. The SMILES string of the molecule is COC(=O)/C=C/c1ccc(N(C)CC(=O)Nc2cccc(C)c2C)c([N+](=O)[O-])c1. The van der Waals surface area contributed by atoms with Crippen LogP contribution in [0, 0.1) is 24.0 Å². The van der Waals surface area contributed by atoms with Gasteiger partial charge in [-0.2, -0.15) is 0 Å². The van der Waals surface area contributed by atoms with Crippen LogP contribution in [0.3, 0.4) is 0 Å². The first-order chi connectivity index (χ1) is 13.7. The van der Waals surface area contributed by atoms with Gasteiger partial charge in [-0.25, -0.2) is 4.79 Å². The van der Waals surface area contributed by atoms with Gasteiger partial charge in [-0.3, -0.25) is 14.9 Å². The van der Waals surface area contributed by atoms with Gasteiger partial charge in [0.2, 0.25) is 5.91 Å². The number of benzene rings is 2. The summed E-state index contributed by atoms with van der Waals surface area (Å²) in [6.45, 7) is 3.81. The van der Waals surface area contributed by atoms with Crippen LogP contribution in [0.25, 0.3) is 6.08 Å². The van der Waals surface area contributed by atoms with E-state index in [1.807, 2.05) is 32.0 Å². The number of rotatable bonds is 7. The van der Waals surface area contributed by atoms with Gasteiger partial charge in [0.25, 0.3) is 5.69 Å². The van der Waals surface area contributed by atoms with Crippen molar-refractivity contribution < 1.29 is 19.2 Å². The smallest absolute Gasteiger partial charge is 0.330 e. The molecule has 0 aromatic heterocycles. The molecule has 0 fully saturated rings. The Morgan fingerprint density at radius 2 is 1.97 bits per heavy atom. The van der Waals surface area contributed by atoms with Crippen LogP contribution in [0.15, 0.2) is 42.5 Å². The van der Waals surface area contributed by atoms with Crippen molar-refractivity contribution in [1.29, 1.82) is 0 Å². The van der Waals surface area contributed by atoms with Gasteiger partial charge in [0.05, 0.1) is 18.6 Å². The van der Waals surface area contributed by atoms with Gasteiger partial charge >= 0.3 is 5.97 Å². The number of hydrogen-bond donors (Lipinski definition) is 1. The van der Waals surface area contributed by atoms with Gasteiger partial charge in [0, 0.05) is 24.9 Å². The lowest BCUT2D eigenvalue weighted by Gasteiger charge is -2.19. The molecule has 0 radical (unpaired) electrons. The molecule has 8 heteroatoms. The first-order valence-corrected chi connectivity index (χ1v) is 8.84. The average Bonchev–Trinajstić information content (AvgIpc) is 2.69. The quantitative estimate of drug-likeness (QED) is 0.332. The Bertz CT molecular complexity index is 969. The molecule has 1 amide bonds. The fraction of sp³-hybridized carbons (Fsp3) is 0.238. The lowest BCUT2D eigenvalue weighted by molar-refractivity contribution is -0.384. The molecule has 0 unspecified atom stereocenters. The second-order valence-electron chi connectivity index (χ2n) is 6.51. The van der Waals surface area contributed by atoms with Crippen LogP contribution in [0.1, 0.15) is 16.7 Å². The van der Waals surface area contributed by atoms with Gasteiger partial charge in [0.1, 0.15) is 5.69 Å². The van der Waals surface area contributed by atoms with E-state index in [0.717, 1.165) is 11.1 Å². The van der Waals surface area contributed by atoms with Gasteiger partial charge in [-0.1, -0.05) is 18.2 Å². The third-order valence-electron chi connectivity index (χ3n) is 4.48. The number of amides is 1. The highest BCUT2D eigenvalue weighted by atomic mass is 16.6. The molecule has 0 saturated heterocycles. The van der Waals surface area contributed by atoms with Crippen LogP contribution < -0.4 is 10.2 Å². The molecule has 152 valence electrons. The van der Waals surface area contributed by atoms with Crippen molar-refractivity contribution in [2.24, 2.45) is 0 Å². The molecule has 0 spiro atoms. The third-order valence-corrected chi connectivity index (χ3v) is 4.48. The Balaban J connectivity index is 2.18. The Kier molecular flexibility index (Phi) is 7.08. The first kappa shape index (κ1) is 21.6. The Morgan fingerprint density at radius 1 is 1.24 bits per heavy atom. The van der Waals surface area contributed by atoms with E-state index in [0.29, 0.717) is 16.9 Å². The summed E-state index contributed by atoms with van der Waals surface area (Å²) in [6.07, 6.45) is 2.61. The number of methoxy groups -OCH3 is 1. The van der Waals surface area contributed by atoms with E-state index >= 15 is 0 Å². The molecular formula is C21H23N3O5. The monoisotopic (exact) mass is 397 g/mol. The number of carbonyl (C=O) groups is 2. The van der Waals surface area contributed by atoms with Crippen LogP contribution in [0.5, 0.6) is 0 Å². The number of carbonyl (C=O) groups excluding carboxylic acids is 2. The van der Waals surface area contributed by atoms with Crippen molar-refractivity contribution >= 4 is 35.0 Å². The van der Waals surface area contributed by atoms with Crippen molar-refractivity contribution in [2.75, 3.05) is 30.9 Å². The van der Waals surface area contributed by atoms with E-state index < -0.39 is 10.9 Å². The highest BCUT2D eigenvalue weighted by molar-refractivity contribution is 5.95. The normalized spacial score (nSPS) is 10.6. The summed E-state index contributed by atoms with van der Waals surface area (Å²) < 4.78 is 4.51. The number of ether oxygens (including phenoxy) is 1. The van der Waals surface area contributed by atoms with E-state index in [4.69, 9.17) is 0 Å². The molecule has 2 rings (SSSR count). The van der Waals surface area contributed by atoms with Crippen LogP contribution >= 0.6 is 0 Å². The Labute approximate surface area is 168 Å². The molecular weight excluding hydrogens is 374 g/mol. The number of aryl methyl sites for hydroxylation is 1. The van der Waals surface area contributed by atoms with Crippen LogP contribution in [0.2, 0.25) is 0 Å². The third kappa shape index (κ3) is 5.65. The van der Waals surface area contributed by atoms with Crippen molar-refractivity contribution in [3.05, 3.63) is 69.3 Å². The van der Waals surface area contributed by atoms with Crippen molar-refractivity contribution in [3.8, 4) is 0 Å². The van der Waals surface area contributed by atoms with Gasteiger partial charge in [-0.05, 0) is 48.7 Å². The summed E-state index contributed by atoms with van der Waals surface area (Å²) in [6, 6.07) is 10.1. The van der Waals surface area contributed by atoms with E-state index in [9.17, 15) is 19.7 Å². The Hall–Kier alpha value is -3.68. The van der Waals surface area contributed by atoms with E-state index in [-0.39, 0.29) is 18.1 Å². The largest absolute Gasteiger partial charge is 0.466 e. The molecule has 2 aromatic carbocycles. The molecule has 0 atom stereocenters. The number of nitrogens with zero attached hydrogens (tertiary/aromatic N) is 2.